The maximum Gasteiger partial charge on any atom is 0.294 e. The highest BCUT2D eigenvalue weighted by molar-refractivity contribution is 8.18. The van der Waals surface area contributed by atoms with Crippen molar-refractivity contribution in [3.05, 3.63) is 22.6 Å². The van der Waals surface area contributed by atoms with Gasteiger partial charge in [-0.1, -0.05) is 0 Å². The second-order valence-corrected chi connectivity index (χ2v) is 7.65. The molecule has 0 spiro atoms. The molecule has 1 aromatic rings. The number of fused-ring (bicyclic) bond motifs is 1. The third kappa shape index (κ3) is 4.18. The molecule has 2 fully saturated rings. The van der Waals surface area contributed by atoms with Crippen molar-refractivity contribution in [3.63, 3.8) is 0 Å². The summed E-state index contributed by atoms with van der Waals surface area (Å²) in [6.45, 7) is 0.851. The summed E-state index contributed by atoms with van der Waals surface area (Å²) in [5.74, 6) is 0.645. The van der Waals surface area contributed by atoms with Crippen LogP contribution in [0.5, 0.6) is 17.2 Å². The number of carbonyl (C=O) groups is 3. The van der Waals surface area contributed by atoms with Crippen LogP contribution >= 0.6 is 11.8 Å². The van der Waals surface area contributed by atoms with Crippen molar-refractivity contribution < 1.29 is 33.3 Å². The Kier molecular flexibility index (Phi) is 5.63. The minimum Gasteiger partial charge on any atom is -0.496 e. The number of amides is 3. The summed E-state index contributed by atoms with van der Waals surface area (Å²) in [5, 5.41) is 2.22. The number of carbonyl (C=O) groups excluding carboxylic acids is 3. The summed E-state index contributed by atoms with van der Waals surface area (Å²) in [5.41, 5.74) is 0.574. The van der Waals surface area contributed by atoms with E-state index in [0.29, 0.717) is 36.0 Å². The fraction of sp³-hybridized carbons (Fsp3) is 0.421. The van der Waals surface area contributed by atoms with Crippen molar-refractivity contribution in [2.24, 2.45) is 0 Å². The molecule has 1 aromatic carbocycles. The number of nitrogens with one attached hydrogen (secondary N) is 1. The van der Waals surface area contributed by atoms with Gasteiger partial charge in [-0.15, -0.1) is 0 Å². The van der Waals surface area contributed by atoms with E-state index in [1.807, 2.05) is 0 Å². The number of nitrogens with zero attached hydrogens (tertiary/aromatic N) is 1. The first-order valence-electron chi connectivity index (χ1n) is 9.16. The van der Waals surface area contributed by atoms with E-state index in [1.54, 1.807) is 18.2 Å². The molecule has 154 valence electrons. The largest absolute Gasteiger partial charge is 0.496 e. The lowest BCUT2D eigenvalue weighted by Gasteiger charge is -2.14. The fourth-order valence-electron chi connectivity index (χ4n) is 3.24. The molecule has 1 atom stereocenters. The molecule has 29 heavy (non-hydrogen) atoms. The van der Waals surface area contributed by atoms with Gasteiger partial charge in [0.1, 0.15) is 12.3 Å². The maximum atomic E-state index is 12.7. The number of imide groups is 1. The molecule has 0 aliphatic carbocycles. The molecule has 0 bridgehead atoms. The molecule has 3 amide bonds. The van der Waals surface area contributed by atoms with Crippen LogP contribution in [0.4, 0.5) is 4.79 Å². The maximum absolute atomic E-state index is 12.7. The van der Waals surface area contributed by atoms with Crippen molar-refractivity contribution in [3.8, 4) is 17.2 Å². The van der Waals surface area contributed by atoms with Gasteiger partial charge in [-0.3, -0.25) is 19.3 Å². The summed E-state index contributed by atoms with van der Waals surface area (Å²) in [7, 11) is 1.50. The van der Waals surface area contributed by atoms with E-state index in [-0.39, 0.29) is 24.3 Å². The van der Waals surface area contributed by atoms with E-state index in [1.165, 1.54) is 7.11 Å². The van der Waals surface area contributed by atoms with Gasteiger partial charge in [0.15, 0.2) is 11.5 Å². The van der Waals surface area contributed by atoms with Crippen LogP contribution in [0.15, 0.2) is 17.0 Å². The van der Waals surface area contributed by atoms with Gasteiger partial charge in [-0.05, 0) is 36.7 Å². The molecule has 4 rings (SSSR count). The number of hydrogen-bond acceptors (Lipinski definition) is 8. The monoisotopic (exact) mass is 420 g/mol. The molecule has 2 saturated heterocycles. The van der Waals surface area contributed by atoms with Crippen molar-refractivity contribution in [1.29, 1.82) is 0 Å². The summed E-state index contributed by atoms with van der Waals surface area (Å²) in [4.78, 5) is 38.2. The predicted molar refractivity (Wildman–Crippen MR) is 104 cm³/mol. The Morgan fingerprint density at radius 1 is 1.34 bits per heavy atom. The Balaban J connectivity index is 1.44. The van der Waals surface area contributed by atoms with Gasteiger partial charge in [-0.25, -0.2) is 0 Å². The summed E-state index contributed by atoms with van der Waals surface area (Å²) < 4.78 is 21.5. The van der Waals surface area contributed by atoms with E-state index >= 15 is 0 Å². The molecule has 3 heterocycles. The third-order valence-electron chi connectivity index (χ3n) is 4.74. The van der Waals surface area contributed by atoms with Crippen molar-refractivity contribution in [1.82, 2.24) is 10.2 Å². The third-order valence-corrected chi connectivity index (χ3v) is 5.65. The number of thioether (sulfide) groups is 1. The Bertz CT molecular complexity index is 880. The van der Waals surface area contributed by atoms with E-state index in [2.05, 4.69) is 5.32 Å². The average molecular weight is 420 g/mol. The molecule has 0 saturated carbocycles. The smallest absolute Gasteiger partial charge is 0.294 e. The van der Waals surface area contributed by atoms with Crippen LogP contribution in [0, 0.1) is 0 Å². The molecule has 0 aromatic heterocycles. The zero-order valence-electron chi connectivity index (χ0n) is 15.8. The second kappa shape index (κ2) is 8.34. The molecule has 0 radical (unpaired) electrons. The predicted octanol–water partition coefficient (Wildman–Crippen LogP) is 1.76. The molecular formula is C19H20N2O7S. The Morgan fingerprint density at radius 2 is 2.14 bits per heavy atom. The van der Waals surface area contributed by atoms with Crippen LogP contribution in [-0.2, 0) is 14.3 Å². The Morgan fingerprint density at radius 3 is 2.86 bits per heavy atom. The summed E-state index contributed by atoms with van der Waals surface area (Å²) in [6.07, 6.45) is 3.41. The highest BCUT2D eigenvalue weighted by atomic mass is 32.2. The standard InChI is InChI=1S/C19H20N2O7S/c1-25-13-7-15-14(27-10-28-15)5-11(13)6-16-18(23)21(19(24)29-16)9-17(22)20-8-12-3-2-4-26-12/h5-7,12H,2-4,8-10H2,1H3,(H,20,22)/b16-6-/t12-/m1/s1. The van der Waals surface area contributed by atoms with Gasteiger partial charge in [0.2, 0.25) is 12.7 Å². The van der Waals surface area contributed by atoms with Gasteiger partial charge in [0.25, 0.3) is 11.1 Å². The topological polar surface area (TPSA) is 103 Å². The summed E-state index contributed by atoms with van der Waals surface area (Å²) in [6, 6.07) is 3.35. The SMILES string of the molecule is COc1cc2c(cc1/C=C1\SC(=O)N(CC(=O)NC[C@H]3CCCO3)C1=O)OCO2. The zero-order chi connectivity index (χ0) is 20.4. The minimum atomic E-state index is -0.521. The van der Waals surface area contributed by atoms with Gasteiger partial charge in [0, 0.05) is 24.8 Å². The lowest BCUT2D eigenvalue weighted by Crippen LogP contribution is -2.41. The van der Waals surface area contributed by atoms with Crippen molar-refractivity contribution in [2.75, 3.05) is 33.6 Å². The number of hydrogen-bond donors (Lipinski definition) is 1. The van der Waals surface area contributed by atoms with Crippen LogP contribution < -0.4 is 19.5 Å². The van der Waals surface area contributed by atoms with Gasteiger partial charge >= 0.3 is 0 Å². The highest BCUT2D eigenvalue weighted by Gasteiger charge is 2.36. The van der Waals surface area contributed by atoms with Gasteiger partial charge in [0.05, 0.1) is 18.1 Å². The van der Waals surface area contributed by atoms with E-state index < -0.39 is 17.1 Å². The first-order chi connectivity index (χ1) is 14.0. The van der Waals surface area contributed by atoms with Crippen LogP contribution in [0.2, 0.25) is 0 Å². The van der Waals surface area contributed by atoms with Crippen LogP contribution in [0.25, 0.3) is 6.08 Å². The van der Waals surface area contributed by atoms with Crippen molar-refractivity contribution in [2.45, 2.75) is 18.9 Å². The summed E-state index contributed by atoms with van der Waals surface area (Å²) >= 11 is 0.781. The van der Waals surface area contributed by atoms with E-state index in [4.69, 9.17) is 18.9 Å². The van der Waals surface area contributed by atoms with Crippen LogP contribution in [0.1, 0.15) is 18.4 Å². The number of rotatable bonds is 6. The zero-order valence-corrected chi connectivity index (χ0v) is 16.6. The quantitative estimate of drug-likeness (QED) is 0.695. The highest BCUT2D eigenvalue weighted by Crippen LogP contribution is 2.40. The second-order valence-electron chi connectivity index (χ2n) is 6.65. The van der Waals surface area contributed by atoms with E-state index in [0.717, 1.165) is 29.5 Å². The van der Waals surface area contributed by atoms with Crippen LogP contribution in [-0.4, -0.2) is 61.7 Å². The molecule has 1 N–H and O–H groups in total. The normalized spacial score (nSPS) is 21.9. The minimum absolute atomic E-state index is 0.00719. The molecule has 3 aliphatic heterocycles. The van der Waals surface area contributed by atoms with Crippen molar-refractivity contribution >= 4 is 34.9 Å². The molecule has 3 aliphatic rings. The van der Waals surface area contributed by atoms with Gasteiger partial charge in [-0.2, -0.15) is 0 Å². The molecular weight excluding hydrogens is 400 g/mol. The molecule has 10 heteroatoms. The molecule has 9 nitrogen and oxygen atoms in total. The van der Waals surface area contributed by atoms with E-state index in [9.17, 15) is 14.4 Å². The molecule has 0 unspecified atom stereocenters. The number of benzene rings is 1. The van der Waals surface area contributed by atoms with Crippen LogP contribution in [0.3, 0.4) is 0 Å². The fourth-order valence-corrected chi connectivity index (χ4v) is 4.07. The average Bonchev–Trinajstić information content (AvgIpc) is 3.44. The number of ether oxygens (including phenoxy) is 4. The Hall–Kier alpha value is -2.72. The lowest BCUT2D eigenvalue weighted by molar-refractivity contribution is -0.129. The Labute approximate surface area is 171 Å². The first-order valence-corrected chi connectivity index (χ1v) is 9.98. The number of methoxy groups -OCH3 is 1. The lowest BCUT2D eigenvalue weighted by atomic mass is 10.1. The van der Waals surface area contributed by atoms with Gasteiger partial charge < -0.3 is 24.3 Å². The first kappa shape index (κ1) is 19.6.